The monoisotopic (exact) mass is 290 g/mol. The maximum absolute atomic E-state index is 12.5. The lowest BCUT2D eigenvalue weighted by Crippen LogP contribution is -2.52. The molecule has 0 radical (unpaired) electrons. The number of amides is 1. The van der Waals surface area contributed by atoms with Crippen LogP contribution in [0.4, 0.5) is 0 Å². The van der Waals surface area contributed by atoms with E-state index < -0.39 is 17.9 Å². The van der Waals surface area contributed by atoms with Crippen molar-refractivity contribution in [1.29, 1.82) is 0 Å². The number of morpholine rings is 1. The second-order valence-corrected chi connectivity index (χ2v) is 4.87. The molecule has 1 fully saturated rings. The van der Waals surface area contributed by atoms with E-state index in [1.54, 1.807) is 18.2 Å². The van der Waals surface area contributed by atoms with Gasteiger partial charge < -0.3 is 19.2 Å². The summed E-state index contributed by atoms with van der Waals surface area (Å²) >= 11 is 0. The van der Waals surface area contributed by atoms with E-state index in [2.05, 4.69) is 4.98 Å². The Bertz CT molecular complexity index is 708. The number of hydrogen-bond acceptors (Lipinski definition) is 5. The lowest BCUT2D eigenvalue weighted by molar-refractivity contribution is -0.147. The van der Waals surface area contributed by atoms with Crippen LogP contribution < -0.4 is 0 Å². The number of carboxylic acid groups (broad SMARTS) is 1. The maximum atomic E-state index is 12.5. The Labute approximate surface area is 120 Å². The van der Waals surface area contributed by atoms with Gasteiger partial charge in [0.05, 0.1) is 13.2 Å². The van der Waals surface area contributed by atoms with Crippen molar-refractivity contribution in [3.05, 3.63) is 29.7 Å². The van der Waals surface area contributed by atoms with Gasteiger partial charge in [-0.25, -0.2) is 9.78 Å². The van der Waals surface area contributed by atoms with Crippen LogP contribution in [0.5, 0.6) is 0 Å². The number of aliphatic carboxylic acids is 1. The third-order valence-corrected chi connectivity index (χ3v) is 3.40. The number of rotatable bonds is 2. The van der Waals surface area contributed by atoms with Gasteiger partial charge in [-0.3, -0.25) is 4.79 Å². The number of furan rings is 1. The molecule has 1 N–H and O–H groups in total. The van der Waals surface area contributed by atoms with E-state index in [4.69, 9.17) is 14.3 Å². The predicted molar refractivity (Wildman–Crippen MR) is 72.0 cm³/mol. The standard InChI is InChI=1S/C14H14N2O5/c1-8-2-3-11-9(15-8)6-12(21-11)13(17)16-4-5-20-7-10(16)14(18)19/h2-3,6,10H,4-5,7H2,1H3,(H,18,19)/t10-/m1/s1. The Morgan fingerprint density at radius 3 is 3.00 bits per heavy atom. The van der Waals surface area contributed by atoms with Crippen molar-refractivity contribution in [1.82, 2.24) is 9.88 Å². The average Bonchev–Trinajstić information content (AvgIpc) is 2.89. The zero-order chi connectivity index (χ0) is 15.0. The summed E-state index contributed by atoms with van der Waals surface area (Å²) < 4.78 is 10.6. The summed E-state index contributed by atoms with van der Waals surface area (Å²) in [6.07, 6.45) is 0. The van der Waals surface area contributed by atoms with Crippen molar-refractivity contribution in [2.24, 2.45) is 0 Å². The van der Waals surface area contributed by atoms with Gasteiger partial charge in [-0.1, -0.05) is 0 Å². The molecule has 1 aliphatic heterocycles. The van der Waals surface area contributed by atoms with Gasteiger partial charge in [-0.2, -0.15) is 0 Å². The molecule has 0 aliphatic carbocycles. The summed E-state index contributed by atoms with van der Waals surface area (Å²) in [4.78, 5) is 29.2. The zero-order valence-electron chi connectivity index (χ0n) is 11.4. The topological polar surface area (TPSA) is 92.9 Å². The molecule has 0 aromatic carbocycles. The largest absolute Gasteiger partial charge is 0.480 e. The second kappa shape index (κ2) is 5.17. The number of carboxylic acids is 1. The molecule has 0 bridgehead atoms. The fourth-order valence-electron chi connectivity index (χ4n) is 2.32. The normalized spacial score (nSPS) is 18.9. The quantitative estimate of drug-likeness (QED) is 0.889. The highest BCUT2D eigenvalue weighted by atomic mass is 16.5. The van der Waals surface area contributed by atoms with E-state index in [1.807, 2.05) is 6.92 Å². The molecule has 1 atom stereocenters. The number of aromatic nitrogens is 1. The number of carbonyl (C=O) groups excluding carboxylic acids is 1. The van der Waals surface area contributed by atoms with Crippen molar-refractivity contribution in [2.45, 2.75) is 13.0 Å². The summed E-state index contributed by atoms with van der Waals surface area (Å²) in [5.74, 6) is -1.45. The summed E-state index contributed by atoms with van der Waals surface area (Å²) in [6.45, 7) is 2.36. The number of nitrogens with zero attached hydrogens (tertiary/aromatic N) is 2. The first-order chi connectivity index (χ1) is 10.1. The van der Waals surface area contributed by atoms with Gasteiger partial charge in [-0.15, -0.1) is 0 Å². The number of hydrogen-bond donors (Lipinski definition) is 1. The van der Waals surface area contributed by atoms with Crippen LogP contribution in [0.15, 0.2) is 22.6 Å². The molecule has 21 heavy (non-hydrogen) atoms. The summed E-state index contributed by atoms with van der Waals surface area (Å²) in [7, 11) is 0. The van der Waals surface area contributed by atoms with Crippen molar-refractivity contribution in [2.75, 3.05) is 19.8 Å². The highest BCUT2D eigenvalue weighted by molar-refractivity contribution is 5.97. The molecule has 0 unspecified atom stereocenters. The van der Waals surface area contributed by atoms with E-state index in [0.29, 0.717) is 17.7 Å². The molecule has 1 amide bonds. The molecule has 2 aromatic rings. The Balaban J connectivity index is 1.93. The molecule has 1 saturated heterocycles. The number of ether oxygens (including phenoxy) is 1. The Hall–Kier alpha value is -2.41. The van der Waals surface area contributed by atoms with E-state index in [1.165, 1.54) is 4.90 Å². The zero-order valence-corrected chi connectivity index (χ0v) is 11.4. The molecule has 1 aliphatic rings. The van der Waals surface area contributed by atoms with Crippen LogP contribution in [-0.2, 0) is 9.53 Å². The Morgan fingerprint density at radius 2 is 2.24 bits per heavy atom. The number of fused-ring (bicyclic) bond motifs is 1. The summed E-state index contributed by atoms with van der Waals surface area (Å²) in [5.41, 5.74) is 1.90. The van der Waals surface area contributed by atoms with E-state index in [0.717, 1.165) is 5.69 Å². The third-order valence-electron chi connectivity index (χ3n) is 3.40. The van der Waals surface area contributed by atoms with Crippen molar-refractivity contribution in [3.8, 4) is 0 Å². The Morgan fingerprint density at radius 1 is 1.43 bits per heavy atom. The lowest BCUT2D eigenvalue weighted by Gasteiger charge is -2.32. The number of aryl methyl sites for hydroxylation is 1. The SMILES string of the molecule is Cc1ccc2oc(C(=O)N3CCOC[C@@H]3C(=O)O)cc2n1. The Kier molecular flexibility index (Phi) is 3.34. The number of carbonyl (C=O) groups is 2. The first-order valence-electron chi connectivity index (χ1n) is 6.55. The molecule has 0 spiro atoms. The fraction of sp³-hybridized carbons (Fsp3) is 0.357. The van der Waals surface area contributed by atoms with Gasteiger partial charge in [0.15, 0.2) is 17.4 Å². The van der Waals surface area contributed by atoms with Gasteiger partial charge in [0.25, 0.3) is 5.91 Å². The molecule has 3 rings (SSSR count). The predicted octanol–water partition coefficient (Wildman–Crippen LogP) is 1.06. The maximum Gasteiger partial charge on any atom is 0.328 e. The van der Waals surface area contributed by atoms with Crippen LogP contribution >= 0.6 is 0 Å². The summed E-state index contributed by atoms with van der Waals surface area (Å²) in [6, 6.07) is 4.07. The highest BCUT2D eigenvalue weighted by Gasteiger charge is 2.34. The van der Waals surface area contributed by atoms with Crippen molar-refractivity contribution < 1.29 is 23.8 Å². The molecular formula is C14H14N2O5. The van der Waals surface area contributed by atoms with Crippen LogP contribution in [-0.4, -0.2) is 52.7 Å². The third kappa shape index (κ3) is 2.47. The van der Waals surface area contributed by atoms with Gasteiger partial charge in [0, 0.05) is 18.3 Å². The minimum absolute atomic E-state index is 0.0152. The molecule has 110 valence electrons. The molecular weight excluding hydrogens is 276 g/mol. The molecule has 2 aromatic heterocycles. The van der Waals surface area contributed by atoms with Crippen LogP contribution in [0.2, 0.25) is 0 Å². The highest BCUT2D eigenvalue weighted by Crippen LogP contribution is 2.21. The minimum Gasteiger partial charge on any atom is -0.480 e. The lowest BCUT2D eigenvalue weighted by atomic mass is 10.2. The number of pyridine rings is 1. The second-order valence-electron chi connectivity index (χ2n) is 4.87. The van der Waals surface area contributed by atoms with Gasteiger partial charge in [-0.05, 0) is 19.1 Å². The molecule has 3 heterocycles. The van der Waals surface area contributed by atoms with Crippen LogP contribution in [0.25, 0.3) is 11.1 Å². The van der Waals surface area contributed by atoms with E-state index in [-0.39, 0.29) is 18.9 Å². The molecule has 7 heteroatoms. The van der Waals surface area contributed by atoms with Crippen LogP contribution in [0.1, 0.15) is 16.2 Å². The van der Waals surface area contributed by atoms with Crippen molar-refractivity contribution >= 4 is 23.0 Å². The van der Waals surface area contributed by atoms with Gasteiger partial charge in [0.2, 0.25) is 0 Å². The summed E-state index contributed by atoms with van der Waals surface area (Å²) in [5, 5.41) is 9.16. The first kappa shape index (κ1) is 13.6. The molecule has 0 saturated carbocycles. The fourth-order valence-corrected chi connectivity index (χ4v) is 2.32. The van der Waals surface area contributed by atoms with Gasteiger partial charge >= 0.3 is 5.97 Å². The first-order valence-corrected chi connectivity index (χ1v) is 6.55. The van der Waals surface area contributed by atoms with Crippen molar-refractivity contribution in [3.63, 3.8) is 0 Å². The van der Waals surface area contributed by atoms with E-state index in [9.17, 15) is 9.59 Å². The minimum atomic E-state index is -1.09. The van der Waals surface area contributed by atoms with Crippen LogP contribution in [0, 0.1) is 6.92 Å². The average molecular weight is 290 g/mol. The van der Waals surface area contributed by atoms with E-state index >= 15 is 0 Å². The van der Waals surface area contributed by atoms with Gasteiger partial charge in [0.1, 0.15) is 5.52 Å². The molecule has 7 nitrogen and oxygen atoms in total. The van der Waals surface area contributed by atoms with Crippen LogP contribution in [0.3, 0.4) is 0 Å². The smallest absolute Gasteiger partial charge is 0.328 e.